The molecule has 12 heteroatoms. The van der Waals surface area contributed by atoms with Gasteiger partial charge in [0.2, 0.25) is 15.7 Å². The number of carbonyl (C=O) groups is 4. The molecule has 0 aliphatic carbocycles. The molecule has 0 aliphatic heterocycles. The van der Waals surface area contributed by atoms with E-state index in [0.717, 1.165) is 28.3 Å². The second-order valence-electron chi connectivity index (χ2n) is 9.13. The average molecular weight is 709 g/mol. The number of allylic oxidation sites excluding steroid dienone is 3. The third-order valence-electron chi connectivity index (χ3n) is 5.83. The van der Waals surface area contributed by atoms with Gasteiger partial charge >= 0.3 is 0 Å². The van der Waals surface area contributed by atoms with Crippen LogP contribution in [0.2, 0.25) is 0 Å². The number of nitrogens with zero attached hydrogens (tertiary/aromatic N) is 1. The first-order valence-electron chi connectivity index (χ1n) is 13.9. The van der Waals surface area contributed by atoms with E-state index in [0.29, 0.717) is 24.2 Å². The van der Waals surface area contributed by atoms with Crippen LogP contribution in [-0.4, -0.2) is 26.4 Å². The number of hydrogen-bond donors (Lipinski definition) is 2. The molecular formula is C36H32Cl3N3O6. The average Bonchev–Trinajstić information content (AvgIpc) is 3.11. The van der Waals surface area contributed by atoms with Crippen molar-refractivity contribution in [3.63, 3.8) is 0 Å². The zero-order chi connectivity index (χ0) is 35.9. The van der Waals surface area contributed by atoms with Gasteiger partial charge in [-0.3, -0.25) is 29.3 Å². The molecule has 0 amide bonds. The number of halogens is 3. The lowest BCUT2D eigenvalue weighted by atomic mass is 10.0. The molecule has 248 valence electrons. The normalized spacial score (nSPS) is 9.94. The summed E-state index contributed by atoms with van der Waals surface area (Å²) in [6.07, 6.45) is 7.00. The summed E-state index contributed by atoms with van der Waals surface area (Å²) in [4.78, 5) is 52.3. The van der Waals surface area contributed by atoms with Crippen molar-refractivity contribution in [2.24, 2.45) is 11.5 Å². The molecule has 0 aromatic heterocycles. The first-order chi connectivity index (χ1) is 22.9. The van der Waals surface area contributed by atoms with Crippen LogP contribution in [0.3, 0.4) is 0 Å². The second-order valence-corrected chi connectivity index (χ2v) is 10.2. The van der Waals surface area contributed by atoms with Crippen LogP contribution in [0, 0.1) is 10.1 Å². The Kier molecular flexibility index (Phi) is 19.9. The molecule has 0 saturated carbocycles. The monoisotopic (exact) mass is 707 g/mol. The molecule has 9 nitrogen and oxygen atoms in total. The molecule has 0 unspecified atom stereocenters. The Morgan fingerprint density at radius 1 is 0.667 bits per heavy atom. The number of benzene rings is 4. The fourth-order valence-electron chi connectivity index (χ4n) is 3.46. The number of ketones is 1. The molecule has 4 rings (SSSR count). The molecule has 4 N–H and O–H groups in total. The first kappa shape index (κ1) is 41.0. The molecule has 0 atom stereocenters. The lowest BCUT2D eigenvalue weighted by Gasteiger charge is -2.00. The summed E-state index contributed by atoms with van der Waals surface area (Å²) < 4.78 is 0. The van der Waals surface area contributed by atoms with Crippen molar-refractivity contribution in [3.8, 4) is 0 Å². The zero-order valence-electron chi connectivity index (χ0n) is 25.5. The first-order valence-corrected chi connectivity index (χ1v) is 15.0. The molecule has 0 saturated heterocycles. The van der Waals surface area contributed by atoms with Crippen LogP contribution in [0.1, 0.15) is 38.2 Å². The SMILES string of the molecule is C=CC(=O)Cl.NCc1ccc(C=CC(=O)Cl)cc1.NCc1ccccc1C=CC(=O)Cl.O=C(c1ccccc1)c1ccc([N+](=O)[O-])cc1. The van der Waals surface area contributed by atoms with E-state index in [-0.39, 0.29) is 11.5 Å². The number of non-ortho nitro benzene ring substituents is 1. The second kappa shape index (κ2) is 23.3. The van der Waals surface area contributed by atoms with E-state index in [1.807, 2.05) is 54.6 Å². The van der Waals surface area contributed by atoms with Gasteiger partial charge in [0.05, 0.1) is 4.92 Å². The van der Waals surface area contributed by atoms with Gasteiger partial charge in [-0.25, -0.2) is 0 Å². The van der Waals surface area contributed by atoms with Gasteiger partial charge in [0.15, 0.2) is 5.78 Å². The predicted octanol–water partition coefficient (Wildman–Crippen LogP) is 7.61. The van der Waals surface area contributed by atoms with Crippen LogP contribution < -0.4 is 11.5 Å². The standard InChI is InChI=1S/C13H9NO3.2C10H10ClNO.C3H3ClO/c15-13(10-4-2-1-3-5-10)11-6-8-12(9-7-11)14(16)17;11-10(13)6-5-8-1-3-9(7-12)4-2-8;11-10(13)6-5-8-3-1-2-4-9(8)7-12;1-2-3(4)5/h1-9H;2*1-6H,7,12H2;2H,1H2. The fourth-order valence-corrected chi connectivity index (χ4v) is 3.58. The van der Waals surface area contributed by atoms with Crippen molar-refractivity contribution >= 4 is 74.2 Å². The van der Waals surface area contributed by atoms with Crippen LogP contribution in [0.15, 0.2) is 128 Å². The Morgan fingerprint density at radius 2 is 1.17 bits per heavy atom. The van der Waals surface area contributed by atoms with Crippen molar-refractivity contribution in [3.05, 3.63) is 171 Å². The highest BCUT2D eigenvalue weighted by Crippen LogP contribution is 2.15. The minimum atomic E-state index is -0.509. The molecule has 0 fully saturated rings. The van der Waals surface area contributed by atoms with E-state index in [9.17, 15) is 29.3 Å². The third kappa shape index (κ3) is 17.0. The van der Waals surface area contributed by atoms with Gasteiger partial charge in [0.1, 0.15) is 0 Å². The van der Waals surface area contributed by atoms with Crippen LogP contribution in [0.25, 0.3) is 12.2 Å². The Labute approximate surface area is 293 Å². The molecule has 0 bridgehead atoms. The zero-order valence-corrected chi connectivity index (χ0v) is 27.8. The maximum atomic E-state index is 12.0. The highest BCUT2D eigenvalue weighted by Gasteiger charge is 2.10. The quantitative estimate of drug-likeness (QED) is 0.0559. The van der Waals surface area contributed by atoms with E-state index in [1.165, 1.54) is 36.4 Å². The summed E-state index contributed by atoms with van der Waals surface area (Å²) in [5.74, 6) is -0.138. The third-order valence-corrected chi connectivity index (χ3v) is 6.23. The smallest absolute Gasteiger partial charge is 0.269 e. The van der Waals surface area contributed by atoms with Gasteiger partial charge < -0.3 is 11.5 Å². The van der Waals surface area contributed by atoms with Crippen LogP contribution >= 0.6 is 34.8 Å². The molecular weight excluding hydrogens is 677 g/mol. The summed E-state index contributed by atoms with van der Waals surface area (Å²) in [7, 11) is 0. The number of nitro groups is 1. The number of nitro benzene ring substituents is 1. The lowest BCUT2D eigenvalue weighted by Crippen LogP contribution is -2.00. The Balaban J connectivity index is 0.000000340. The summed E-state index contributed by atoms with van der Waals surface area (Å²) in [6, 6.07) is 29.6. The Morgan fingerprint density at radius 3 is 1.65 bits per heavy atom. The lowest BCUT2D eigenvalue weighted by molar-refractivity contribution is -0.384. The van der Waals surface area contributed by atoms with E-state index < -0.39 is 20.7 Å². The summed E-state index contributed by atoms with van der Waals surface area (Å²) in [6.45, 7) is 4.06. The highest BCUT2D eigenvalue weighted by molar-refractivity contribution is 6.67. The molecule has 0 aliphatic rings. The number of hydrogen-bond acceptors (Lipinski definition) is 8. The Hall–Kier alpha value is -5.03. The van der Waals surface area contributed by atoms with Gasteiger partial charge in [-0.2, -0.15) is 0 Å². The van der Waals surface area contributed by atoms with E-state index in [4.69, 9.17) is 46.3 Å². The largest absolute Gasteiger partial charge is 0.326 e. The van der Waals surface area contributed by atoms with Crippen LogP contribution in [-0.2, 0) is 27.5 Å². The molecule has 0 spiro atoms. The minimum Gasteiger partial charge on any atom is -0.326 e. The minimum absolute atomic E-state index is 0.0189. The van der Waals surface area contributed by atoms with Crippen LogP contribution in [0.4, 0.5) is 5.69 Å². The van der Waals surface area contributed by atoms with Crippen molar-refractivity contribution < 1.29 is 24.1 Å². The maximum absolute atomic E-state index is 12.0. The van der Waals surface area contributed by atoms with Crippen molar-refractivity contribution in [1.82, 2.24) is 0 Å². The van der Waals surface area contributed by atoms with Gasteiger partial charge in [0.25, 0.3) is 5.69 Å². The van der Waals surface area contributed by atoms with E-state index in [2.05, 4.69) is 6.58 Å². The van der Waals surface area contributed by atoms with Crippen LogP contribution in [0.5, 0.6) is 0 Å². The molecule has 0 heterocycles. The molecule has 0 radical (unpaired) electrons. The fraction of sp³-hybridized carbons (Fsp3) is 0.0556. The van der Waals surface area contributed by atoms with Crippen molar-refractivity contribution in [1.29, 1.82) is 0 Å². The molecule has 4 aromatic rings. The highest BCUT2D eigenvalue weighted by atomic mass is 35.5. The summed E-state index contributed by atoms with van der Waals surface area (Å²) in [5, 5.41) is 9.01. The topological polar surface area (TPSA) is 163 Å². The Bertz CT molecular complexity index is 1720. The van der Waals surface area contributed by atoms with E-state index >= 15 is 0 Å². The van der Waals surface area contributed by atoms with Gasteiger partial charge in [-0.1, -0.05) is 91.5 Å². The van der Waals surface area contributed by atoms with Crippen molar-refractivity contribution in [2.75, 3.05) is 0 Å². The van der Waals surface area contributed by atoms with Gasteiger partial charge in [0, 0.05) is 36.3 Å². The molecule has 48 heavy (non-hydrogen) atoms. The maximum Gasteiger partial charge on any atom is 0.269 e. The number of rotatable bonds is 10. The van der Waals surface area contributed by atoms with E-state index in [1.54, 1.807) is 36.4 Å². The summed E-state index contributed by atoms with van der Waals surface area (Å²) in [5.41, 5.74) is 15.9. The number of nitrogens with two attached hydrogens (primary N) is 2. The number of carbonyl (C=O) groups excluding carboxylic acids is 4. The van der Waals surface area contributed by atoms with Gasteiger partial charge in [-0.05, 0) is 93.5 Å². The van der Waals surface area contributed by atoms with Gasteiger partial charge in [-0.15, -0.1) is 0 Å². The predicted molar refractivity (Wildman–Crippen MR) is 192 cm³/mol. The molecule has 4 aromatic carbocycles. The summed E-state index contributed by atoms with van der Waals surface area (Å²) >= 11 is 15.0. The van der Waals surface area contributed by atoms with Crippen molar-refractivity contribution in [2.45, 2.75) is 13.1 Å².